The van der Waals surface area contributed by atoms with Gasteiger partial charge in [-0.15, -0.1) is 0 Å². The number of allylic oxidation sites excluding steroid dienone is 12. The van der Waals surface area contributed by atoms with Gasteiger partial charge in [-0.2, -0.15) is 0 Å². The molecule has 11 heteroatoms. The molecular formula is C46H78NO9P. The molecule has 1 N–H and O–H groups in total. The van der Waals surface area contributed by atoms with Crippen molar-refractivity contribution in [1.82, 2.24) is 0 Å². The zero-order valence-electron chi connectivity index (χ0n) is 36.1. The molecule has 0 amide bonds. The molecule has 0 saturated carbocycles. The lowest BCUT2D eigenvalue weighted by atomic mass is 10.1. The van der Waals surface area contributed by atoms with E-state index in [9.17, 15) is 24.2 Å². The molecule has 0 aromatic rings. The summed E-state index contributed by atoms with van der Waals surface area (Å²) in [7, 11) is 1.05. The lowest BCUT2D eigenvalue weighted by molar-refractivity contribution is -0.870. The molecule has 2 unspecified atom stereocenters. The van der Waals surface area contributed by atoms with Crippen LogP contribution in [0.1, 0.15) is 136 Å². The van der Waals surface area contributed by atoms with Gasteiger partial charge in [-0.05, 0) is 83.5 Å². The number of carbonyl (C=O) groups excluding carboxylic acids is 2. The molecule has 0 aliphatic heterocycles. The SMILES string of the molecule is CCCCC/C=C\C/C=C\C/C=C\CCCCC(=O)O[C@H](COC(=O)CCC/C=C/C=C\C(O)C/C=C\C/C=C\CCCCC)COP(=O)([O-])OCC[N+](C)(C)C. The summed E-state index contributed by atoms with van der Waals surface area (Å²) in [6.07, 6.45) is 43.6. The standard InChI is InChI=1S/C46H78NO9P/c1-6-8-10-12-14-16-17-18-19-20-21-23-25-29-34-38-46(50)56-44(42-55-57(51,52)54-40-39-47(3,4)5)41-53-45(49)37-33-30-26-28-32-36-43(48)35-31-27-24-22-15-13-11-9-7-2/h14-16,18-19,21-23,26-28,31-32,36,43-44,48H,6-13,17,20,24-25,29-30,33-35,37-42H2,1-5H3/b16-14-,19-18-,22-15-,23-21-,28-26+,31-27-,36-32-/t43?,44-/m1/s1. The third kappa shape index (κ3) is 41.1. The predicted octanol–water partition coefficient (Wildman–Crippen LogP) is 10.4. The summed E-state index contributed by atoms with van der Waals surface area (Å²) >= 11 is 0. The van der Waals surface area contributed by atoms with E-state index in [1.54, 1.807) is 12.2 Å². The Morgan fingerprint density at radius 2 is 1.18 bits per heavy atom. The van der Waals surface area contributed by atoms with Gasteiger partial charge >= 0.3 is 11.9 Å². The molecule has 0 spiro atoms. The number of aliphatic hydroxyl groups excluding tert-OH is 1. The number of aliphatic hydroxyl groups is 1. The van der Waals surface area contributed by atoms with E-state index < -0.39 is 38.6 Å². The first kappa shape index (κ1) is 54.2. The van der Waals surface area contributed by atoms with Gasteiger partial charge in [0.1, 0.15) is 19.8 Å². The van der Waals surface area contributed by atoms with Crippen molar-refractivity contribution in [2.24, 2.45) is 0 Å². The second kappa shape index (κ2) is 37.4. The molecule has 0 radical (unpaired) electrons. The Labute approximate surface area is 346 Å². The Hall–Kier alpha value is -2.85. The molecule has 0 saturated heterocycles. The number of unbranched alkanes of at least 4 members (excludes halogenated alkanes) is 9. The van der Waals surface area contributed by atoms with Crippen molar-refractivity contribution in [3.63, 3.8) is 0 Å². The predicted molar refractivity (Wildman–Crippen MR) is 232 cm³/mol. The van der Waals surface area contributed by atoms with Crippen LogP contribution in [0.15, 0.2) is 85.1 Å². The Morgan fingerprint density at radius 3 is 1.75 bits per heavy atom. The quantitative estimate of drug-likeness (QED) is 0.0162. The molecule has 0 heterocycles. The summed E-state index contributed by atoms with van der Waals surface area (Å²) in [5.74, 6) is -1.02. The molecule has 57 heavy (non-hydrogen) atoms. The van der Waals surface area contributed by atoms with Crippen molar-refractivity contribution in [3.8, 4) is 0 Å². The zero-order chi connectivity index (χ0) is 42.3. The monoisotopic (exact) mass is 820 g/mol. The first-order valence-electron chi connectivity index (χ1n) is 21.4. The molecule has 326 valence electrons. The fourth-order valence-electron chi connectivity index (χ4n) is 5.03. The fraction of sp³-hybridized carbons (Fsp3) is 0.652. The molecule has 10 nitrogen and oxygen atoms in total. The van der Waals surface area contributed by atoms with Crippen LogP contribution in [0.3, 0.4) is 0 Å². The van der Waals surface area contributed by atoms with Gasteiger partial charge in [0.05, 0.1) is 33.9 Å². The number of quaternary nitrogens is 1. The molecular weight excluding hydrogens is 741 g/mol. The van der Waals surface area contributed by atoms with Crippen molar-refractivity contribution < 1.29 is 47.2 Å². The number of nitrogens with zero attached hydrogens (tertiary/aromatic N) is 1. The number of likely N-dealkylation sites (N-methyl/N-ethyl adjacent to an activating group) is 1. The minimum atomic E-state index is -4.67. The van der Waals surface area contributed by atoms with Crippen molar-refractivity contribution in [2.75, 3.05) is 47.5 Å². The Kier molecular flexibility index (Phi) is 35.6. The molecule has 0 aromatic heterocycles. The van der Waals surface area contributed by atoms with E-state index in [1.807, 2.05) is 39.4 Å². The van der Waals surface area contributed by atoms with E-state index in [2.05, 4.69) is 68.5 Å². The van der Waals surface area contributed by atoms with Crippen LogP contribution in [0, 0.1) is 0 Å². The average Bonchev–Trinajstić information content (AvgIpc) is 3.15. The highest BCUT2D eigenvalue weighted by Gasteiger charge is 2.21. The van der Waals surface area contributed by atoms with Crippen LogP contribution in [-0.4, -0.2) is 81.2 Å². The van der Waals surface area contributed by atoms with Crippen LogP contribution >= 0.6 is 7.82 Å². The van der Waals surface area contributed by atoms with Crippen LogP contribution in [0.2, 0.25) is 0 Å². The summed E-state index contributed by atoms with van der Waals surface area (Å²) in [4.78, 5) is 37.5. The van der Waals surface area contributed by atoms with E-state index in [0.717, 1.165) is 44.9 Å². The number of ether oxygens (including phenoxy) is 2. The van der Waals surface area contributed by atoms with Crippen LogP contribution < -0.4 is 4.89 Å². The highest BCUT2D eigenvalue weighted by Crippen LogP contribution is 2.38. The van der Waals surface area contributed by atoms with Gasteiger partial charge in [-0.25, -0.2) is 0 Å². The third-order valence-corrected chi connectivity index (χ3v) is 9.43. The van der Waals surface area contributed by atoms with Crippen LogP contribution in [0.4, 0.5) is 0 Å². The van der Waals surface area contributed by atoms with E-state index >= 15 is 0 Å². The van der Waals surface area contributed by atoms with Gasteiger partial charge in [-0.1, -0.05) is 125 Å². The molecule has 0 fully saturated rings. The first-order chi connectivity index (χ1) is 27.4. The molecule has 0 rings (SSSR count). The number of esters is 2. The highest BCUT2D eigenvalue weighted by molar-refractivity contribution is 7.45. The fourth-order valence-corrected chi connectivity index (χ4v) is 5.75. The van der Waals surface area contributed by atoms with Crippen molar-refractivity contribution in [1.29, 1.82) is 0 Å². The van der Waals surface area contributed by atoms with Crippen molar-refractivity contribution >= 4 is 19.8 Å². The topological polar surface area (TPSA) is 131 Å². The van der Waals surface area contributed by atoms with E-state index in [0.29, 0.717) is 36.7 Å². The molecule has 0 bridgehead atoms. The average molecular weight is 820 g/mol. The highest BCUT2D eigenvalue weighted by atomic mass is 31.2. The summed E-state index contributed by atoms with van der Waals surface area (Å²) in [6, 6.07) is 0. The Bertz CT molecular complexity index is 1260. The normalized spacial score (nSPS) is 15.0. The van der Waals surface area contributed by atoms with Crippen molar-refractivity contribution in [3.05, 3.63) is 85.1 Å². The summed E-state index contributed by atoms with van der Waals surface area (Å²) in [5.41, 5.74) is 0. The maximum Gasteiger partial charge on any atom is 0.306 e. The van der Waals surface area contributed by atoms with Gasteiger partial charge in [0.15, 0.2) is 6.10 Å². The minimum Gasteiger partial charge on any atom is -0.756 e. The number of phosphoric ester groups is 1. The summed E-state index contributed by atoms with van der Waals surface area (Å²) in [6.45, 7) is 3.92. The van der Waals surface area contributed by atoms with E-state index in [1.165, 1.54) is 38.5 Å². The van der Waals surface area contributed by atoms with Crippen LogP contribution in [0.25, 0.3) is 0 Å². The van der Waals surface area contributed by atoms with Crippen LogP contribution in [0.5, 0.6) is 0 Å². The van der Waals surface area contributed by atoms with Gasteiger partial charge < -0.3 is 33.0 Å². The van der Waals surface area contributed by atoms with Gasteiger partial charge in [0.2, 0.25) is 0 Å². The van der Waals surface area contributed by atoms with Gasteiger partial charge in [0, 0.05) is 12.8 Å². The molecule has 0 aromatic carbocycles. The smallest absolute Gasteiger partial charge is 0.306 e. The zero-order valence-corrected chi connectivity index (χ0v) is 37.0. The largest absolute Gasteiger partial charge is 0.756 e. The van der Waals surface area contributed by atoms with Gasteiger partial charge in [-0.3, -0.25) is 14.2 Å². The molecule has 0 aliphatic rings. The van der Waals surface area contributed by atoms with E-state index in [-0.39, 0.29) is 26.1 Å². The summed E-state index contributed by atoms with van der Waals surface area (Å²) in [5, 5.41) is 10.1. The number of phosphoric acid groups is 1. The van der Waals surface area contributed by atoms with Crippen molar-refractivity contribution in [2.45, 2.75) is 148 Å². The lowest BCUT2D eigenvalue weighted by Crippen LogP contribution is -2.37. The molecule has 3 atom stereocenters. The lowest BCUT2D eigenvalue weighted by Gasteiger charge is -2.28. The number of hydrogen-bond acceptors (Lipinski definition) is 9. The number of hydrogen-bond donors (Lipinski definition) is 1. The van der Waals surface area contributed by atoms with Crippen LogP contribution in [-0.2, 0) is 32.7 Å². The van der Waals surface area contributed by atoms with E-state index in [4.69, 9.17) is 18.5 Å². The Morgan fingerprint density at radius 1 is 0.649 bits per heavy atom. The minimum absolute atomic E-state index is 0.0650. The maximum atomic E-state index is 12.6. The third-order valence-electron chi connectivity index (χ3n) is 8.47. The first-order valence-corrected chi connectivity index (χ1v) is 22.9. The summed E-state index contributed by atoms with van der Waals surface area (Å²) < 4.78 is 33.7. The Balaban J connectivity index is 4.65. The second-order valence-electron chi connectivity index (χ2n) is 15.2. The number of carbonyl (C=O) groups is 2. The molecule has 0 aliphatic carbocycles. The maximum absolute atomic E-state index is 12.6. The van der Waals surface area contributed by atoms with Gasteiger partial charge in [0.25, 0.3) is 7.82 Å². The second-order valence-corrected chi connectivity index (χ2v) is 16.6. The number of rotatable bonds is 37.